The summed E-state index contributed by atoms with van der Waals surface area (Å²) in [7, 11) is -3.71. The van der Waals surface area contributed by atoms with Crippen molar-refractivity contribution >= 4 is 16.1 Å². The molecule has 0 saturated carbocycles. The third-order valence-corrected chi connectivity index (χ3v) is 4.39. The first kappa shape index (κ1) is 14.9. The van der Waals surface area contributed by atoms with Gasteiger partial charge in [-0.05, 0) is 30.7 Å². The summed E-state index contributed by atoms with van der Waals surface area (Å²) >= 11 is 0. The summed E-state index contributed by atoms with van der Waals surface area (Å²) in [5.41, 5.74) is 0.985. The zero-order valence-corrected chi connectivity index (χ0v) is 11.9. The second-order valence-corrected chi connectivity index (χ2v) is 6.24. The van der Waals surface area contributed by atoms with Gasteiger partial charge in [-0.2, -0.15) is 12.7 Å². The van der Waals surface area contributed by atoms with E-state index in [1.54, 1.807) is 11.8 Å². The summed E-state index contributed by atoms with van der Waals surface area (Å²) in [4.78, 5) is 13.8. The van der Waals surface area contributed by atoms with Gasteiger partial charge in [0.2, 0.25) is 0 Å². The quantitative estimate of drug-likeness (QED) is 0.840. The van der Waals surface area contributed by atoms with E-state index in [2.05, 4.69) is 0 Å². The highest BCUT2D eigenvalue weighted by Gasteiger charge is 2.27. The Bertz CT molecular complexity index is 625. The molecule has 0 bridgehead atoms. The lowest BCUT2D eigenvalue weighted by Gasteiger charge is -2.33. The third kappa shape index (κ3) is 3.14. The first-order valence-electron chi connectivity index (χ1n) is 6.12. The topological polar surface area (TPSA) is 83.7 Å². The SMILES string of the molecule is Cc1cc(F)ccc1C(=O)N1CCN(S(N)(=O)=O)CC1. The monoisotopic (exact) mass is 301 g/mol. The predicted octanol–water partition coefficient (Wildman–Crippen LogP) is 0.0954. The van der Waals surface area contributed by atoms with Gasteiger partial charge >= 0.3 is 0 Å². The van der Waals surface area contributed by atoms with E-state index in [9.17, 15) is 17.6 Å². The Morgan fingerprint density at radius 2 is 1.85 bits per heavy atom. The molecule has 1 aliphatic heterocycles. The van der Waals surface area contributed by atoms with Crippen LogP contribution in [0.25, 0.3) is 0 Å². The van der Waals surface area contributed by atoms with Gasteiger partial charge < -0.3 is 4.90 Å². The minimum absolute atomic E-state index is 0.171. The molecule has 110 valence electrons. The molecule has 1 amide bonds. The number of rotatable bonds is 2. The maximum atomic E-state index is 13.0. The van der Waals surface area contributed by atoms with Gasteiger partial charge in [0.05, 0.1) is 0 Å². The molecular weight excluding hydrogens is 285 g/mol. The Morgan fingerprint density at radius 3 is 2.35 bits per heavy atom. The summed E-state index contributed by atoms with van der Waals surface area (Å²) in [5, 5.41) is 5.04. The van der Waals surface area contributed by atoms with Crippen molar-refractivity contribution in [1.82, 2.24) is 9.21 Å². The molecule has 8 heteroatoms. The second-order valence-electron chi connectivity index (χ2n) is 4.70. The van der Waals surface area contributed by atoms with E-state index in [-0.39, 0.29) is 32.1 Å². The van der Waals surface area contributed by atoms with Gasteiger partial charge in [-0.1, -0.05) is 0 Å². The summed E-state index contributed by atoms with van der Waals surface area (Å²) in [5.74, 6) is -0.616. The fourth-order valence-corrected chi connectivity index (χ4v) is 2.86. The fraction of sp³-hybridized carbons (Fsp3) is 0.417. The highest BCUT2D eigenvalue weighted by molar-refractivity contribution is 7.86. The molecule has 20 heavy (non-hydrogen) atoms. The van der Waals surface area contributed by atoms with Crippen molar-refractivity contribution in [2.24, 2.45) is 5.14 Å². The van der Waals surface area contributed by atoms with Gasteiger partial charge in [-0.3, -0.25) is 4.79 Å². The Morgan fingerprint density at radius 1 is 1.25 bits per heavy atom. The predicted molar refractivity (Wildman–Crippen MR) is 71.7 cm³/mol. The van der Waals surface area contributed by atoms with Crippen LogP contribution in [0.1, 0.15) is 15.9 Å². The molecule has 1 saturated heterocycles. The summed E-state index contributed by atoms with van der Waals surface area (Å²) in [6, 6.07) is 3.98. The van der Waals surface area contributed by atoms with E-state index in [0.717, 1.165) is 4.31 Å². The molecule has 2 N–H and O–H groups in total. The number of hydrogen-bond donors (Lipinski definition) is 1. The van der Waals surface area contributed by atoms with Gasteiger partial charge in [0, 0.05) is 31.7 Å². The summed E-state index contributed by atoms with van der Waals surface area (Å²) in [6.07, 6.45) is 0. The minimum Gasteiger partial charge on any atom is -0.336 e. The number of nitrogens with two attached hydrogens (primary N) is 1. The standard InChI is InChI=1S/C12H16FN3O3S/c1-9-8-10(13)2-3-11(9)12(17)15-4-6-16(7-5-15)20(14,18)19/h2-3,8H,4-7H2,1H3,(H2,14,18,19). The molecule has 2 rings (SSSR count). The zero-order chi connectivity index (χ0) is 14.9. The lowest BCUT2D eigenvalue weighted by Crippen LogP contribution is -2.52. The lowest BCUT2D eigenvalue weighted by molar-refractivity contribution is 0.0697. The van der Waals surface area contributed by atoms with Crippen LogP contribution < -0.4 is 5.14 Å². The van der Waals surface area contributed by atoms with Crippen molar-refractivity contribution in [2.45, 2.75) is 6.92 Å². The van der Waals surface area contributed by atoms with Crippen LogP contribution in [-0.2, 0) is 10.2 Å². The van der Waals surface area contributed by atoms with Crippen LogP contribution in [0.15, 0.2) is 18.2 Å². The second kappa shape index (κ2) is 5.47. The van der Waals surface area contributed by atoms with Crippen molar-refractivity contribution in [2.75, 3.05) is 26.2 Å². The van der Waals surface area contributed by atoms with E-state index >= 15 is 0 Å². The van der Waals surface area contributed by atoms with E-state index in [1.165, 1.54) is 18.2 Å². The molecule has 0 atom stereocenters. The Balaban J connectivity index is 2.09. The smallest absolute Gasteiger partial charge is 0.277 e. The maximum absolute atomic E-state index is 13.0. The van der Waals surface area contributed by atoms with E-state index in [1.807, 2.05) is 0 Å². The first-order chi connectivity index (χ1) is 9.29. The molecule has 0 aromatic heterocycles. The van der Waals surface area contributed by atoms with Gasteiger partial charge in [-0.15, -0.1) is 0 Å². The molecule has 1 heterocycles. The molecule has 0 unspecified atom stereocenters. The summed E-state index contributed by atoms with van der Waals surface area (Å²) < 4.78 is 36.5. The Kier molecular flexibility index (Phi) is 4.07. The van der Waals surface area contributed by atoms with Gasteiger partial charge in [0.15, 0.2) is 0 Å². The number of hydrogen-bond acceptors (Lipinski definition) is 3. The molecule has 1 aromatic rings. The van der Waals surface area contributed by atoms with E-state index in [4.69, 9.17) is 5.14 Å². The van der Waals surface area contributed by atoms with Crippen LogP contribution in [-0.4, -0.2) is 49.7 Å². The van der Waals surface area contributed by atoms with Crippen molar-refractivity contribution < 1.29 is 17.6 Å². The van der Waals surface area contributed by atoms with Crippen molar-refractivity contribution in [1.29, 1.82) is 0 Å². The molecule has 1 fully saturated rings. The lowest BCUT2D eigenvalue weighted by atomic mass is 10.1. The van der Waals surface area contributed by atoms with Crippen LogP contribution in [0.3, 0.4) is 0 Å². The number of nitrogens with zero attached hydrogens (tertiary/aromatic N) is 2. The molecule has 0 spiro atoms. The molecule has 0 radical (unpaired) electrons. The van der Waals surface area contributed by atoms with Crippen LogP contribution in [0.5, 0.6) is 0 Å². The maximum Gasteiger partial charge on any atom is 0.277 e. The van der Waals surface area contributed by atoms with Gasteiger partial charge in [0.25, 0.3) is 16.1 Å². The van der Waals surface area contributed by atoms with Gasteiger partial charge in [0.1, 0.15) is 5.82 Å². The fourth-order valence-electron chi connectivity index (χ4n) is 2.18. The molecule has 0 aliphatic carbocycles. The van der Waals surface area contributed by atoms with Gasteiger partial charge in [-0.25, -0.2) is 9.53 Å². The van der Waals surface area contributed by atoms with E-state index in [0.29, 0.717) is 11.1 Å². The number of amides is 1. The van der Waals surface area contributed by atoms with Crippen LogP contribution in [0, 0.1) is 12.7 Å². The third-order valence-electron chi connectivity index (χ3n) is 3.30. The molecule has 1 aromatic carbocycles. The number of piperazine rings is 1. The molecule has 1 aliphatic rings. The molecule has 6 nitrogen and oxygen atoms in total. The highest BCUT2D eigenvalue weighted by atomic mass is 32.2. The first-order valence-corrected chi connectivity index (χ1v) is 7.62. The normalized spacial score (nSPS) is 17.2. The average Bonchev–Trinajstić information content (AvgIpc) is 2.37. The van der Waals surface area contributed by atoms with Crippen LogP contribution in [0.4, 0.5) is 4.39 Å². The number of halogens is 1. The highest BCUT2D eigenvalue weighted by Crippen LogP contribution is 2.15. The van der Waals surface area contributed by atoms with Crippen LogP contribution >= 0.6 is 0 Å². The van der Waals surface area contributed by atoms with E-state index < -0.39 is 16.0 Å². The Labute approximate surface area is 117 Å². The number of carbonyl (C=O) groups excluding carboxylic acids is 1. The molecular formula is C12H16FN3O3S. The zero-order valence-electron chi connectivity index (χ0n) is 11.0. The summed E-state index contributed by atoms with van der Waals surface area (Å²) in [6.45, 7) is 2.55. The largest absolute Gasteiger partial charge is 0.336 e. The van der Waals surface area contributed by atoms with Crippen molar-refractivity contribution in [3.8, 4) is 0 Å². The van der Waals surface area contributed by atoms with Crippen molar-refractivity contribution in [3.63, 3.8) is 0 Å². The average molecular weight is 301 g/mol. The Hall–Kier alpha value is -1.51. The minimum atomic E-state index is -3.71. The van der Waals surface area contributed by atoms with Crippen LogP contribution in [0.2, 0.25) is 0 Å². The van der Waals surface area contributed by atoms with Crippen molar-refractivity contribution in [3.05, 3.63) is 35.1 Å². The number of carbonyl (C=O) groups is 1. The number of aryl methyl sites for hydroxylation is 1. The number of benzene rings is 1.